The molecule has 0 heterocycles. The Kier molecular flexibility index (Phi) is 6.10. The summed E-state index contributed by atoms with van der Waals surface area (Å²) in [6, 6.07) is 17.4. The van der Waals surface area contributed by atoms with Crippen LogP contribution in [0.1, 0.15) is 21.5 Å². The molecule has 0 bridgehead atoms. The molecule has 29 heavy (non-hydrogen) atoms. The SMILES string of the molecule is Cc1cc(OCc2ccc(C(=O)O)cc2)c(NS(=O)(=O)c2ccccc2)cc1Cl. The van der Waals surface area contributed by atoms with Gasteiger partial charge in [0.25, 0.3) is 10.0 Å². The van der Waals surface area contributed by atoms with E-state index in [9.17, 15) is 13.2 Å². The van der Waals surface area contributed by atoms with Crippen LogP contribution in [0.3, 0.4) is 0 Å². The predicted molar refractivity (Wildman–Crippen MR) is 111 cm³/mol. The van der Waals surface area contributed by atoms with Crippen molar-refractivity contribution < 1.29 is 23.1 Å². The molecule has 0 aliphatic heterocycles. The van der Waals surface area contributed by atoms with Crippen LogP contribution in [0, 0.1) is 6.92 Å². The van der Waals surface area contributed by atoms with E-state index in [1.807, 2.05) is 0 Å². The summed E-state index contributed by atoms with van der Waals surface area (Å²) in [6.07, 6.45) is 0. The molecule has 150 valence electrons. The smallest absolute Gasteiger partial charge is 0.335 e. The van der Waals surface area contributed by atoms with Crippen LogP contribution in [0.25, 0.3) is 0 Å². The molecule has 6 nitrogen and oxygen atoms in total. The maximum Gasteiger partial charge on any atom is 0.335 e. The Balaban J connectivity index is 1.85. The monoisotopic (exact) mass is 431 g/mol. The van der Waals surface area contributed by atoms with Gasteiger partial charge in [0.05, 0.1) is 16.1 Å². The first-order valence-corrected chi connectivity index (χ1v) is 10.5. The maximum atomic E-state index is 12.7. The van der Waals surface area contributed by atoms with Crippen molar-refractivity contribution in [2.24, 2.45) is 0 Å². The second-order valence-corrected chi connectivity index (χ2v) is 8.40. The molecule has 8 heteroatoms. The summed E-state index contributed by atoms with van der Waals surface area (Å²) in [5.74, 6) is -0.697. The van der Waals surface area contributed by atoms with Gasteiger partial charge in [0.1, 0.15) is 12.4 Å². The normalized spacial score (nSPS) is 11.1. The molecule has 0 aliphatic rings. The van der Waals surface area contributed by atoms with Crippen molar-refractivity contribution in [3.05, 3.63) is 88.4 Å². The number of ether oxygens (including phenoxy) is 1. The quantitative estimate of drug-likeness (QED) is 0.564. The fourth-order valence-electron chi connectivity index (χ4n) is 2.56. The number of rotatable bonds is 7. The molecule has 0 unspecified atom stereocenters. The Morgan fingerprint density at radius 1 is 1.07 bits per heavy atom. The van der Waals surface area contributed by atoms with Gasteiger partial charge in [0.2, 0.25) is 0 Å². The van der Waals surface area contributed by atoms with Gasteiger partial charge in [-0.15, -0.1) is 0 Å². The summed E-state index contributed by atoms with van der Waals surface area (Å²) in [6.45, 7) is 1.91. The molecule has 0 aromatic heterocycles. The molecule has 0 saturated carbocycles. The Morgan fingerprint density at radius 2 is 1.72 bits per heavy atom. The first-order chi connectivity index (χ1) is 13.8. The van der Waals surface area contributed by atoms with E-state index in [0.717, 1.165) is 11.1 Å². The van der Waals surface area contributed by atoms with Crippen molar-refractivity contribution in [2.45, 2.75) is 18.4 Å². The summed E-state index contributed by atoms with van der Waals surface area (Å²) < 4.78 is 33.6. The molecule has 3 aromatic carbocycles. The second kappa shape index (κ2) is 8.55. The number of anilines is 1. The van der Waals surface area contributed by atoms with E-state index in [2.05, 4.69) is 4.72 Å². The van der Waals surface area contributed by atoms with Gasteiger partial charge in [-0.05, 0) is 54.4 Å². The van der Waals surface area contributed by atoms with E-state index in [1.165, 1.54) is 30.3 Å². The van der Waals surface area contributed by atoms with Gasteiger partial charge in [-0.25, -0.2) is 13.2 Å². The zero-order valence-electron chi connectivity index (χ0n) is 15.4. The molecule has 3 aromatic rings. The number of carboxylic acids is 1. The third kappa shape index (κ3) is 5.07. The highest BCUT2D eigenvalue weighted by Crippen LogP contribution is 2.33. The molecular formula is C21H18ClNO5S. The van der Waals surface area contributed by atoms with E-state index in [0.29, 0.717) is 10.8 Å². The van der Waals surface area contributed by atoms with E-state index in [1.54, 1.807) is 43.3 Å². The van der Waals surface area contributed by atoms with Crippen LogP contribution in [-0.2, 0) is 16.6 Å². The predicted octanol–water partition coefficient (Wildman–Crippen LogP) is 4.73. The molecule has 0 fully saturated rings. The lowest BCUT2D eigenvalue weighted by atomic mass is 10.1. The highest BCUT2D eigenvalue weighted by molar-refractivity contribution is 7.92. The minimum Gasteiger partial charge on any atom is -0.487 e. The number of nitrogens with one attached hydrogen (secondary N) is 1. The largest absolute Gasteiger partial charge is 0.487 e. The average Bonchev–Trinajstić information content (AvgIpc) is 2.70. The Hall–Kier alpha value is -3.03. The molecule has 0 saturated heterocycles. The first kappa shape index (κ1) is 20.7. The van der Waals surface area contributed by atoms with Crippen LogP contribution in [-0.4, -0.2) is 19.5 Å². The fraction of sp³-hybridized carbons (Fsp3) is 0.0952. The van der Waals surface area contributed by atoms with Gasteiger partial charge in [0.15, 0.2) is 0 Å². The average molecular weight is 432 g/mol. The van der Waals surface area contributed by atoms with Crippen LogP contribution in [0.4, 0.5) is 5.69 Å². The molecule has 0 spiro atoms. The van der Waals surface area contributed by atoms with Crippen molar-refractivity contribution in [1.29, 1.82) is 0 Å². The first-order valence-electron chi connectivity index (χ1n) is 8.59. The third-order valence-corrected chi connectivity index (χ3v) is 5.94. The van der Waals surface area contributed by atoms with Crippen LogP contribution in [0.15, 0.2) is 71.6 Å². The van der Waals surface area contributed by atoms with Crippen molar-refractivity contribution in [3.8, 4) is 5.75 Å². The molecule has 3 rings (SSSR count). The second-order valence-electron chi connectivity index (χ2n) is 6.31. The van der Waals surface area contributed by atoms with Crippen molar-refractivity contribution >= 4 is 33.3 Å². The fourth-order valence-corrected chi connectivity index (χ4v) is 3.81. The molecule has 0 amide bonds. The van der Waals surface area contributed by atoms with Crippen molar-refractivity contribution in [2.75, 3.05) is 4.72 Å². The van der Waals surface area contributed by atoms with Crippen LogP contribution in [0.2, 0.25) is 5.02 Å². The van der Waals surface area contributed by atoms with E-state index in [-0.39, 0.29) is 22.8 Å². The van der Waals surface area contributed by atoms with Gasteiger partial charge in [-0.3, -0.25) is 4.72 Å². The summed E-state index contributed by atoms with van der Waals surface area (Å²) in [7, 11) is -3.82. The van der Waals surface area contributed by atoms with Crippen molar-refractivity contribution in [1.82, 2.24) is 0 Å². The highest BCUT2D eigenvalue weighted by atomic mass is 35.5. The van der Waals surface area contributed by atoms with E-state index in [4.69, 9.17) is 21.4 Å². The van der Waals surface area contributed by atoms with Crippen LogP contribution in [0.5, 0.6) is 5.75 Å². The summed E-state index contributed by atoms with van der Waals surface area (Å²) >= 11 is 6.18. The topological polar surface area (TPSA) is 92.7 Å². The Morgan fingerprint density at radius 3 is 2.34 bits per heavy atom. The minimum atomic E-state index is -3.82. The number of halogens is 1. The highest BCUT2D eigenvalue weighted by Gasteiger charge is 2.18. The molecule has 0 atom stereocenters. The summed E-state index contributed by atoms with van der Waals surface area (Å²) in [5, 5.41) is 9.37. The minimum absolute atomic E-state index is 0.118. The lowest BCUT2D eigenvalue weighted by molar-refractivity contribution is 0.0697. The summed E-state index contributed by atoms with van der Waals surface area (Å²) in [4.78, 5) is 11.1. The number of benzene rings is 3. The number of hydrogen-bond acceptors (Lipinski definition) is 4. The van der Waals surface area contributed by atoms with Crippen molar-refractivity contribution in [3.63, 3.8) is 0 Å². The summed E-state index contributed by atoms with van der Waals surface area (Å²) in [5.41, 5.74) is 1.85. The van der Waals surface area contributed by atoms with Gasteiger partial charge < -0.3 is 9.84 Å². The number of carboxylic acid groups (broad SMARTS) is 1. The lowest BCUT2D eigenvalue weighted by Crippen LogP contribution is -2.14. The number of carbonyl (C=O) groups is 1. The standard InChI is InChI=1S/C21H18ClNO5S/c1-14-11-20(28-13-15-7-9-16(10-8-15)21(24)25)19(12-18(14)22)23-29(26,27)17-5-3-2-4-6-17/h2-12,23H,13H2,1H3,(H,24,25). The number of aromatic carboxylic acids is 1. The Labute approximate surface area is 173 Å². The molecular weight excluding hydrogens is 414 g/mol. The number of aryl methyl sites for hydroxylation is 1. The van der Waals surface area contributed by atoms with Gasteiger partial charge in [0, 0.05) is 5.02 Å². The van der Waals surface area contributed by atoms with Gasteiger partial charge in [-0.2, -0.15) is 0 Å². The maximum absolute atomic E-state index is 12.7. The number of hydrogen-bond donors (Lipinski definition) is 2. The molecule has 0 aliphatic carbocycles. The number of sulfonamides is 1. The van der Waals surface area contributed by atoms with Gasteiger partial charge >= 0.3 is 5.97 Å². The Bertz CT molecular complexity index is 1130. The molecule has 2 N–H and O–H groups in total. The van der Waals surface area contributed by atoms with Crippen LogP contribution >= 0.6 is 11.6 Å². The zero-order chi connectivity index (χ0) is 21.0. The van der Waals surface area contributed by atoms with Gasteiger partial charge in [-0.1, -0.05) is 41.9 Å². The molecule has 0 radical (unpaired) electrons. The van der Waals surface area contributed by atoms with E-state index < -0.39 is 16.0 Å². The third-order valence-electron chi connectivity index (χ3n) is 4.15. The van der Waals surface area contributed by atoms with Crippen LogP contribution < -0.4 is 9.46 Å². The van der Waals surface area contributed by atoms with E-state index >= 15 is 0 Å². The lowest BCUT2D eigenvalue weighted by Gasteiger charge is -2.15. The zero-order valence-corrected chi connectivity index (χ0v) is 17.0.